The van der Waals surface area contributed by atoms with Gasteiger partial charge < -0.3 is 15.5 Å². The van der Waals surface area contributed by atoms with Crippen LogP contribution in [0.1, 0.15) is 44.1 Å². The number of guanidine groups is 1. The number of anilines is 1. The van der Waals surface area contributed by atoms with Crippen LogP contribution in [0, 0.1) is 0 Å². The van der Waals surface area contributed by atoms with Crippen LogP contribution >= 0.6 is 22.7 Å². The van der Waals surface area contributed by atoms with E-state index in [-0.39, 0.29) is 5.41 Å². The Labute approximate surface area is 164 Å². The van der Waals surface area contributed by atoms with Crippen LogP contribution < -0.4 is 15.5 Å². The molecule has 144 valence electrons. The van der Waals surface area contributed by atoms with Gasteiger partial charge in [-0.15, -0.1) is 22.7 Å². The van der Waals surface area contributed by atoms with Gasteiger partial charge in [-0.1, -0.05) is 20.8 Å². The molecule has 0 unspecified atom stereocenters. The van der Waals surface area contributed by atoms with Gasteiger partial charge in [-0.25, -0.2) is 15.0 Å². The molecule has 0 saturated carbocycles. The van der Waals surface area contributed by atoms with Crippen molar-refractivity contribution in [2.24, 2.45) is 4.99 Å². The highest BCUT2D eigenvalue weighted by Crippen LogP contribution is 2.24. The van der Waals surface area contributed by atoms with Crippen LogP contribution in [-0.4, -0.2) is 43.1 Å². The van der Waals surface area contributed by atoms with E-state index in [1.807, 2.05) is 19.0 Å². The highest BCUT2D eigenvalue weighted by molar-refractivity contribution is 7.13. The van der Waals surface area contributed by atoms with Gasteiger partial charge in [-0.2, -0.15) is 0 Å². The van der Waals surface area contributed by atoms with Gasteiger partial charge in [0.25, 0.3) is 0 Å². The Kier molecular flexibility index (Phi) is 7.40. The average molecular weight is 395 g/mol. The minimum absolute atomic E-state index is 0.109. The van der Waals surface area contributed by atoms with Crippen LogP contribution in [0.5, 0.6) is 0 Å². The van der Waals surface area contributed by atoms with Gasteiger partial charge in [0.1, 0.15) is 0 Å². The summed E-state index contributed by atoms with van der Waals surface area (Å²) in [5.74, 6) is 0.819. The zero-order chi connectivity index (χ0) is 19.2. The van der Waals surface area contributed by atoms with Gasteiger partial charge in [0.2, 0.25) is 0 Å². The molecular formula is C18H30N6S2. The Morgan fingerprint density at radius 3 is 2.50 bits per heavy atom. The van der Waals surface area contributed by atoms with E-state index >= 15 is 0 Å². The molecule has 0 aliphatic heterocycles. The van der Waals surface area contributed by atoms with E-state index in [1.165, 1.54) is 5.69 Å². The van der Waals surface area contributed by atoms with Crippen molar-refractivity contribution in [1.82, 2.24) is 20.6 Å². The van der Waals surface area contributed by atoms with E-state index in [4.69, 9.17) is 4.98 Å². The molecule has 0 fully saturated rings. The lowest BCUT2D eigenvalue weighted by molar-refractivity contribution is 0.570. The molecule has 0 atom stereocenters. The first-order chi connectivity index (χ1) is 12.3. The number of hydrogen-bond acceptors (Lipinski definition) is 6. The van der Waals surface area contributed by atoms with Gasteiger partial charge in [0, 0.05) is 49.8 Å². The second-order valence-corrected chi connectivity index (χ2v) is 9.04. The van der Waals surface area contributed by atoms with Crippen LogP contribution in [-0.2, 0) is 18.4 Å². The summed E-state index contributed by atoms with van der Waals surface area (Å²) in [4.78, 5) is 16.0. The topological polar surface area (TPSA) is 65.4 Å². The Morgan fingerprint density at radius 1 is 1.15 bits per heavy atom. The summed E-state index contributed by atoms with van der Waals surface area (Å²) in [7, 11) is 4.00. The predicted molar refractivity (Wildman–Crippen MR) is 114 cm³/mol. The fourth-order valence-corrected chi connectivity index (χ4v) is 3.91. The summed E-state index contributed by atoms with van der Waals surface area (Å²) in [6.07, 6.45) is 0.895. The van der Waals surface area contributed by atoms with Crippen molar-refractivity contribution >= 4 is 33.8 Å². The molecule has 0 aliphatic carbocycles. The van der Waals surface area contributed by atoms with Crippen molar-refractivity contribution < 1.29 is 0 Å². The summed E-state index contributed by atoms with van der Waals surface area (Å²) in [5.41, 5.74) is 2.27. The minimum atomic E-state index is 0.109. The highest BCUT2D eigenvalue weighted by atomic mass is 32.1. The summed E-state index contributed by atoms with van der Waals surface area (Å²) in [6.45, 7) is 10.9. The van der Waals surface area contributed by atoms with Crippen molar-refractivity contribution in [2.45, 2.75) is 46.1 Å². The van der Waals surface area contributed by atoms with Gasteiger partial charge in [-0.05, 0) is 6.92 Å². The second-order valence-electron chi connectivity index (χ2n) is 7.26. The third-order valence-electron chi connectivity index (χ3n) is 3.62. The molecule has 0 aliphatic rings. The maximum absolute atomic E-state index is 4.74. The third kappa shape index (κ3) is 6.25. The zero-order valence-corrected chi connectivity index (χ0v) is 18.2. The predicted octanol–water partition coefficient (Wildman–Crippen LogP) is 3.26. The normalized spacial score (nSPS) is 12.3. The van der Waals surface area contributed by atoms with Crippen LogP contribution in [0.3, 0.4) is 0 Å². The number of nitrogens with one attached hydrogen (secondary N) is 2. The van der Waals surface area contributed by atoms with Crippen LogP contribution in [0.2, 0.25) is 0 Å². The van der Waals surface area contributed by atoms with Crippen molar-refractivity contribution in [3.05, 3.63) is 27.2 Å². The van der Waals surface area contributed by atoms with Crippen molar-refractivity contribution in [3.8, 4) is 0 Å². The number of aromatic nitrogens is 2. The number of hydrogen-bond donors (Lipinski definition) is 2. The average Bonchev–Trinajstić information content (AvgIpc) is 3.21. The molecule has 2 aromatic rings. The Bertz CT molecular complexity index is 711. The molecule has 0 amide bonds. The minimum Gasteiger partial charge on any atom is -0.357 e. The Morgan fingerprint density at radius 2 is 1.92 bits per heavy atom. The van der Waals surface area contributed by atoms with Crippen molar-refractivity contribution in [3.63, 3.8) is 0 Å². The van der Waals surface area contributed by atoms with E-state index < -0.39 is 0 Å². The molecule has 8 heteroatoms. The molecule has 0 bridgehead atoms. The SMILES string of the molecule is CCNC(=NCc1csc(N(C)C)n1)NCCc1nc(C(C)(C)C)cs1. The van der Waals surface area contributed by atoms with E-state index in [2.05, 4.69) is 59.1 Å². The molecule has 0 radical (unpaired) electrons. The first-order valence-electron chi connectivity index (χ1n) is 8.88. The summed E-state index contributed by atoms with van der Waals surface area (Å²) >= 11 is 3.37. The second kappa shape index (κ2) is 9.32. The highest BCUT2D eigenvalue weighted by Gasteiger charge is 2.17. The summed E-state index contributed by atoms with van der Waals surface area (Å²) in [5, 5.41) is 13.1. The lowest BCUT2D eigenvalue weighted by Crippen LogP contribution is -2.38. The smallest absolute Gasteiger partial charge is 0.191 e. The molecule has 0 aromatic carbocycles. The van der Waals surface area contributed by atoms with Crippen LogP contribution in [0.25, 0.3) is 0 Å². The molecule has 0 saturated heterocycles. The maximum atomic E-state index is 4.74. The van der Waals surface area contributed by atoms with Gasteiger partial charge in [0.05, 0.1) is 22.9 Å². The van der Waals surface area contributed by atoms with Gasteiger partial charge in [0.15, 0.2) is 11.1 Å². The fraction of sp³-hybridized carbons (Fsp3) is 0.611. The molecule has 0 spiro atoms. The van der Waals surface area contributed by atoms with Gasteiger partial charge in [-0.3, -0.25) is 0 Å². The van der Waals surface area contributed by atoms with E-state index in [0.29, 0.717) is 6.54 Å². The number of rotatable bonds is 7. The van der Waals surface area contributed by atoms with Gasteiger partial charge >= 0.3 is 0 Å². The fourth-order valence-electron chi connectivity index (χ4n) is 2.13. The largest absolute Gasteiger partial charge is 0.357 e. The Hall–Kier alpha value is -1.67. The first kappa shape index (κ1) is 20.6. The molecule has 2 aromatic heterocycles. The Balaban J connectivity index is 1.87. The third-order valence-corrected chi connectivity index (χ3v) is 5.58. The van der Waals surface area contributed by atoms with Crippen molar-refractivity contribution in [2.75, 3.05) is 32.1 Å². The van der Waals surface area contributed by atoms with E-state index in [0.717, 1.165) is 41.3 Å². The molecule has 2 heterocycles. The number of nitrogens with zero attached hydrogens (tertiary/aromatic N) is 4. The lowest BCUT2D eigenvalue weighted by Gasteiger charge is -2.14. The monoisotopic (exact) mass is 394 g/mol. The zero-order valence-electron chi connectivity index (χ0n) is 16.6. The van der Waals surface area contributed by atoms with Crippen molar-refractivity contribution in [1.29, 1.82) is 0 Å². The van der Waals surface area contributed by atoms with E-state index in [1.54, 1.807) is 22.7 Å². The van der Waals surface area contributed by atoms with E-state index in [9.17, 15) is 0 Å². The standard InChI is InChI=1S/C18H30N6S2/c1-7-19-16(21-10-13-11-26-17(22-13)24(5)6)20-9-8-15-23-14(12-25-15)18(2,3)4/h11-12H,7-10H2,1-6H3,(H2,19,20,21). The molecule has 2 N–H and O–H groups in total. The van der Waals surface area contributed by atoms with Crippen LogP contribution in [0.15, 0.2) is 15.8 Å². The molecular weight excluding hydrogens is 364 g/mol. The van der Waals surface area contributed by atoms with Crippen LogP contribution in [0.4, 0.5) is 5.13 Å². The molecule has 26 heavy (non-hydrogen) atoms. The maximum Gasteiger partial charge on any atom is 0.191 e. The molecule has 2 rings (SSSR count). The number of thiazole rings is 2. The number of aliphatic imine (C=N–C) groups is 1. The lowest BCUT2D eigenvalue weighted by atomic mass is 9.93. The quantitative estimate of drug-likeness (QED) is 0.557. The summed E-state index contributed by atoms with van der Waals surface area (Å²) < 4.78 is 0. The molecule has 6 nitrogen and oxygen atoms in total. The first-order valence-corrected chi connectivity index (χ1v) is 10.6. The summed E-state index contributed by atoms with van der Waals surface area (Å²) in [6, 6.07) is 0.